The van der Waals surface area contributed by atoms with Crippen molar-refractivity contribution >= 4 is 30.6 Å². The molecule has 0 aliphatic rings. The van der Waals surface area contributed by atoms with Crippen molar-refractivity contribution in [3.63, 3.8) is 0 Å². The molecule has 0 atom stereocenters. The molecule has 9 heteroatoms. The first-order valence-electron chi connectivity index (χ1n) is 7.20. The summed E-state index contributed by atoms with van der Waals surface area (Å²) in [6.07, 6.45) is 0.444. The van der Waals surface area contributed by atoms with Crippen LogP contribution in [0.4, 0.5) is 8.78 Å². The number of halogens is 2. The van der Waals surface area contributed by atoms with Crippen LogP contribution >= 0.6 is 11.8 Å². The van der Waals surface area contributed by atoms with E-state index >= 15 is 0 Å². The fourth-order valence-corrected chi connectivity index (χ4v) is 2.89. The van der Waals surface area contributed by atoms with E-state index in [9.17, 15) is 23.6 Å². The van der Waals surface area contributed by atoms with Crippen molar-refractivity contribution in [1.29, 1.82) is 0 Å². The number of carbonyl (C=O) groups excluding carboxylic acids is 1. The highest BCUT2D eigenvalue weighted by molar-refractivity contribution is 7.99. The second-order valence-corrected chi connectivity index (χ2v) is 6.00. The van der Waals surface area contributed by atoms with Gasteiger partial charge in [-0.2, -0.15) is 0 Å². The molecule has 25 heavy (non-hydrogen) atoms. The van der Waals surface area contributed by atoms with Gasteiger partial charge in [0, 0.05) is 16.7 Å². The maximum atomic E-state index is 13.6. The first-order chi connectivity index (χ1) is 12.0. The van der Waals surface area contributed by atoms with E-state index in [-0.39, 0.29) is 34.0 Å². The van der Waals surface area contributed by atoms with Crippen LogP contribution in [-0.4, -0.2) is 42.9 Å². The van der Waals surface area contributed by atoms with Crippen LogP contribution in [0, 0.1) is 11.6 Å². The van der Waals surface area contributed by atoms with Crippen LogP contribution < -0.4 is 14.9 Å². The highest BCUT2D eigenvalue weighted by Crippen LogP contribution is 2.30. The summed E-state index contributed by atoms with van der Waals surface area (Å²) in [6.45, 7) is 0.0870. The van der Waals surface area contributed by atoms with Gasteiger partial charge in [0.1, 0.15) is 11.6 Å². The van der Waals surface area contributed by atoms with Gasteiger partial charge in [-0.25, -0.2) is 8.78 Å². The molecule has 0 heterocycles. The molecule has 0 radical (unpaired) electrons. The predicted molar refractivity (Wildman–Crippen MR) is 90.8 cm³/mol. The third-order valence-electron chi connectivity index (χ3n) is 3.29. The van der Waals surface area contributed by atoms with Crippen LogP contribution in [0.5, 0.6) is 11.5 Å². The first kappa shape index (κ1) is 19.2. The molecule has 5 nitrogen and oxygen atoms in total. The lowest BCUT2D eigenvalue weighted by Crippen LogP contribution is -2.33. The molecule has 0 saturated carbocycles. The molecule has 0 fully saturated rings. The highest BCUT2D eigenvalue weighted by atomic mass is 32.2. The molecule has 132 valence electrons. The number of carbonyl (C=O) groups is 1. The van der Waals surface area contributed by atoms with Gasteiger partial charge in [-0.15, -0.1) is 11.8 Å². The molecule has 0 unspecified atom stereocenters. The molecule has 0 spiro atoms. The van der Waals surface area contributed by atoms with Gasteiger partial charge < -0.3 is 19.5 Å². The maximum absolute atomic E-state index is 13.6. The summed E-state index contributed by atoms with van der Waals surface area (Å²) in [5, 5.41) is 18.6. The maximum Gasteiger partial charge on any atom is 0.489 e. The SMILES string of the molecule is COc1ccc(B(O)O)c(C=O)c1OCCSc1ccc(F)cc1F. The Kier molecular flexibility index (Phi) is 6.80. The van der Waals surface area contributed by atoms with E-state index < -0.39 is 18.8 Å². The van der Waals surface area contributed by atoms with Gasteiger partial charge in [0.15, 0.2) is 17.8 Å². The van der Waals surface area contributed by atoms with E-state index in [0.29, 0.717) is 12.0 Å². The minimum Gasteiger partial charge on any atom is -0.493 e. The normalized spacial score (nSPS) is 10.4. The van der Waals surface area contributed by atoms with Gasteiger partial charge in [-0.05, 0) is 23.7 Å². The van der Waals surface area contributed by atoms with Gasteiger partial charge >= 0.3 is 7.12 Å². The molecule has 0 bridgehead atoms. The molecule has 0 amide bonds. The topological polar surface area (TPSA) is 76.0 Å². The summed E-state index contributed by atoms with van der Waals surface area (Å²) in [5.74, 6) is -0.678. The summed E-state index contributed by atoms with van der Waals surface area (Å²) in [7, 11) is -0.454. The second kappa shape index (κ2) is 8.84. The molecule has 2 aromatic rings. The Morgan fingerprint density at radius 1 is 1.24 bits per heavy atom. The number of benzene rings is 2. The number of hydrogen-bond donors (Lipinski definition) is 2. The molecule has 0 saturated heterocycles. The zero-order valence-electron chi connectivity index (χ0n) is 13.2. The Hall–Kier alpha value is -2.10. The summed E-state index contributed by atoms with van der Waals surface area (Å²) in [6, 6.07) is 6.08. The van der Waals surface area contributed by atoms with Crippen LogP contribution in [0.25, 0.3) is 0 Å². The molecule has 0 aliphatic carbocycles. The van der Waals surface area contributed by atoms with Gasteiger partial charge in [-0.3, -0.25) is 4.79 Å². The lowest BCUT2D eigenvalue weighted by Gasteiger charge is -2.15. The van der Waals surface area contributed by atoms with Crippen molar-refractivity contribution in [2.45, 2.75) is 4.90 Å². The monoisotopic (exact) mass is 368 g/mol. The largest absolute Gasteiger partial charge is 0.493 e. The van der Waals surface area contributed by atoms with Crippen LogP contribution in [0.15, 0.2) is 35.2 Å². The molecule has 0 aromatic heterocycles. The van der Waals surface area contributed by atoms with Crippen LogP contribution in [0.2, 0.25) is 0 Å². The smallest absolute Gasteiger partial charge is 0.489 e. The average molecular weight is 368 g/mol. The fraction of sp³-hybridized carbons (Fsp3) is 0.188. The highest BCUT2D eigenvalue weighted by Gasteiger charge is 2.22. The number of rotatable bonds is 8. The minimum atomic E-state index is -1.84. The van der Waals surface area contributed by atoms with E-state index in [2.05, 4.69) is 0 Å². The number of aldehydes is 1. The van der Waals surface area contributed by atoms with Crippen molar-refractivity contribution in [1.82, 2.24) is 0 Å². The number of hydrogen-bond acceptors (Lipinski definition) is 6. The van der Waals surface area contributed by atoms with Crippen molar-refractivity contribution < 1.29 is 33.1 Å². The predicted octanol–water partition coefficient (Wildman–Crippen LogP) is 1.64. The minimum absolute atomic E-state index is 0.0111. The van der Waals surface area contributed by atoms with Crippen LogP contribution in [0.1, 0.15) is 10.4 Å². The molecule has 2 N–H and O–H groups in total. The van der Waals surface area contributed by atoms with Crippen LogP contribution in [0.3, 0.4) is 0 Å². The average Bonchev–Trinajstić information content (AvgIpc) is 2.59. The summed E-state index contributed by atoms with van der Waals surface area (Å²) in [4.78, 5) is 11.6. The van der Waals surface area contributed by atoms with E-state index in [1.165, 1.54) is 25.3 Å². The van der Waals surface area contributed by atoms with Crippen molar-refractivity contribution in [3.8, 4) is 11.5 Å². The second-order valence-electron chi connectivity index (χ2n) is 4.86. The van der Waals surface area contributed by atoms with Gasteiger partial charge in [0.25, 0.3) is 0 Å². The number of thioether (sulfide) groups is 1. The lowest BCUT2D eigenvalue weighted by atomic mass is 9.77. The van der Waals surface area contributed by atoms with Crippen LogP contribution in [-0.2, 0) is 0 Å². The van der Waals surface area contributed by atoms with E-state index in [4.69, 9.17) is 9.47 Å². The Morgan fingerprint density at radius 2 is 2.00 bits per heavy atom. The number of methoxy groups -OCH3 is 1. The standard InChI is InChI=1S/C16H15BF2O5S/c1-23-14-4-3-12(17(21)22)11(9-20)16(14)24-6-7-25-15-5-2-10(18)8-13(15)19/h2-5,8-9,21-22H,6-7H2,1H3. The zero-order chi connectivity index (χ0) is 18.4. The quantitative estimate of drug-likeness (QED) is 0.319. The Labute approximate surface area is 147 Å². The van der Waals surface area contributed by atoms with Gasteiger partial charge in [0.05, 0.1) is 19.3 Å². The molecular formula is C16H15BF2O5S. The molecular weight excluding hydrogens is 353 g/mol. The third kappa shape index (κ3) is 4.71. The van der Waals surface area contributed by atoms with E-state index in [0.717, 1.165) is 23.9 Å². The first-order valence-corrected chi connectivity index (χ1v) is 8.19. The Morgan fingerprint density at radius 3 is 2.60 bits per heavy atom. The fourth-order valence-electron chi connectivity index (χ4n) is 2.14. The van der Waals surface area contributed by atoms with E-state index in [1.54, 1.807) is 0 Å². The molecule has 2 rings (SSSR count). The van der Waals surface area contributed by atoms with Crippen molar-refractivity contribution in [3.05, 3.63) is 47.5 Å². The summed E-state index contributed by atoms with van der Waals surface area (Å²) >= 11 is 1.12. The van der Waals surface area contributed by atoms with Gasteiger partial charge in [-0.1, -0.05) is 6.07 Å². The Bertz CT molecular complexity index is 758. The van der Waals surface area contributed by atoms with Gasteiger partial charge in [0.2, 0.25) is 0 Å². The molecule has 0 aliphatic heterocycles. The van der Waals surface area contributed by atoms with Crippen molar-refractivity contribution in [2.24, 2.45) is 0 Å². The third-order valence-corrected chi connectivity index (χ3v) is 4.30. The molecule has 2 aromatic carbocycles. The summed E-state index contributed by atoms with van der Waals surface area (Å²) < 4.78 is 37.1. The zero-order valence-corrected chi connectivity index (χ0v) is 14.1. The van der Waals surface area contributed by atoms with Crippen molar-refractivity contribution in [2.75, 3.05) is 19.5 Å². The lowest BCUT2D eigenvalue weighted by molar-refractivity contribution is 0.111. The Balaban J connectivity index is 2.09. The van der Waals surface area contributed by atoms with E-state index in [1.807, 2.05) is 0 Å². The summed E-state index contributed by atoms with van der Waals surface area (Å²) in [5.41, 5.74) is -0.0460. The number of ether oxygens (including phenoxy) is 2.